The zero-order valence-electron chi connectivity index (χ0n) is 9.29. The first-order valence-corrected chi connectivity index (χ1v) is 11.0. The van der Waals surface area contributed by atoms with Crippen LogP contribution >= 0.6 is 40.4 Å². The summed E-state index contributed by atoms with van der Waals surface area (Å²) in [5, 5.41) is 0. The zero-order valence-corrected chi connectivity index (χ0v) is 13.4. The second kappa shape index (κ2) is 8.27. The quantitative estimate of drug-likeness (QED) is 0.531. The van der Waals surface area contributed by atoms with E-state index in [1.165, 1.54) is 5.56 Å². The van der Waals surface area contributed by atoms with Crippen LogP contribution in [0.3, 0.4) is 0 Å². The van der Waals surface area contributed by atoms with Crippen LogP contribution in [0.25, 0.3) is 0 Å². The number of rotatable bonds is 2. The Kier molecular flexibility index (Phi) is 7.40. The molecule has 1 aromatic carbocycles. The van der Waals surface area contributed by atoms with Crippen LogP contribution in [0.1, 0.15) is 5.56 Å². The van der Waals surface area contributed by atoms with Crippen LogP contribution in [0.2, 0.25) is 0 Å². The van der Waals surface area contributed by atoms with Gasteiger partial charge in [0.1, 0.15) is 0 Å². The standard InChI is InChI=1S/C12H12N.4ClH.Fe/c1-3-7-12(8-4-1)11-13-9-5-2-6-10-13;;;;;/h1-10H,11H2;4*1H;/q+1;;;;;+4/p-4. The van der Waals surface area contributed by atoms with Gasteiger partial charge in [0.15, 0.2) is 18.9 Å². The zero-order chi connectivity index (χ0) is 13.4. The summed E-state index contributed by atoms with van der Waals surface area (Å²) in [6.45, 7) is 0.946. The molecule has 1 aromatic heterocycles. The van der Waals surface area contributed by atoms with Crippen LogP contribution in [0.4, 0.5) is 0 Å². The molecule has 2 rings (SSSR count). The van der Waals surface area contributed by atoms with Gasteiger partial charge < -0.3 is 0 Å². The van der Waals surface area contributed by atoms with Crippen molar-refractivity contribution in [2.75, 3.05) is 0 Å². The number of pyridine rings is 1. The molecule has 6 heteroatoms. The molecule has 0 radical (unpaired) electrons. The predicted octanol–water partition coefficient (Wildman–Crippen LogP) is 4.78. The van der Waals surface area contributed by atoms with Crippen molar-refractivity contribution >= 4 is 40.4 Å². The molecule has 0 amide bonds. The third kappa shape index (κ3) is 9.04. The first-order valence-electron chi connectivity index (χ1n) is 4.96. The van der Waals surface area contributed by atoms with Gasteiger partial charge >= 0.3 is 49.6 Å². The molecular weight excluding hydrogens is 356 g/mol. The predicted molar refractivity (Wildman–Crippen MR) is 75.6 cm³/mol. The second-order valence-corrected chi connectivity index (χ2v) is 14.3. The van der Waals surface area contributed by atoms with Gasteiger partial charge in [-0.2, -0.15) is 0 Å². The van der Waals surface area contributed by atoms with Crippen molar-refractivity contribution in [1.29, 1.82) is 0 Å². The Balaban J connectivity index is 0.000000280. The summed E-state index contributed by atoms with van der Waals surface area (Å²) in [5.74, 6) is 0. The second-order valence-electron chi connectivity index (χ2n) is 3.34. The monoisotopic (exact) mass is 366 g/mol. The van der Waals surface area contributed by atoms with E-state index in [0.717, 1.165) is 6.54 Å². The van der Waals surface area contributed by atoms with E-state index < -0.39 is 9.20 Å². The first kappa shape index (κ1) is 16.1. The molecule has 0 aliphatic carbocycles. The van der Waals surface area contributed by atoms with E-state index in [4.69, 9.17) is 40.4 Å². The number of nitrogens with zero attached hydrogens (tertiary/aromatic N) is 1. The van der Waals surface area contributed by atoms with Gasteiger partial charge in [-0.15, -0.1) is 0 Å². The SMILES string of the molecule is [Cl][Fe]([Cl])([Cl])[Cl].c1ccc(C[n+]2ccccc2)cc1. The Hall–Kier alpha value is 0.0495. The molecule has 2 aromatic rings. The molecule has 0 unspecified atom stereocenters. The van der Waals surface area contributed by atoms with Crippen LogP contribution in [0.15, 0.2) is 60.9 Å². The average molecular weight is 368 g/mol. The Bertz CT molecular complexity index is 401. The van der Waals surface area contributed by atoms with E-state index in [1.54, 1.807) is 0 Å². The van der Waals surface area contributed by atoms with Gasteiger partial charge in [-0.3, -0.25) is 0 Å². The van der Waals surface area contributed by atoms with E-state index in [-0.39, 0.29) is 0 Å². The van der Waals surface area contributed by atoms with Crippen LogP contribution in [0.5, 0.6) is 0 Å². The van der Waals surface area contributed by atoms with Crippen molar-refractivity contribution in [2.24, 2.45) is 0 Å². The summed E-state index contributed by atoms with van der Waals surface area (Å²) in [6, 6.07) is 16.6. The van der Waals surface area contributed by atoms with Crippen LogP contribution in [-0.4, -0.2) is 0 Å². The van der Waals surface area contributed by atoms with Crippen molar-refractivity contribution in [3.8, 4) is 0 Å². The molecule has 0 fully saturated rings. The van der Waals surface area contributed by atoms with Gasteiger partial charge in [0.2, 0.25) is 0 Å². The fraction of sp³-hybridized carbons (Fsp3) is 0.0833. The van der Waals surface area contributed by atoms with Gasteiger partial charge in [-0.1, -0.05) is 36.4 Å². The molecule has 0 aliphatic heterocycles. The summed E-state index contributed by atoms with van der Waals surface area (Å²) in [5.41, 5.74) is 1.33. The number of benzene rings is 1. The topological polar surface area (TPSA) is 3.88 Å². The van der Waals surface area contributed by atoms with Gasteiger partial charge in [0.05, 0.1) is 0 Å². The van der Waals surface area contributed by atoms with Gasteiger partial charge in [0.25, 0.3) is 0 Å². The molecule has 1 heterocycles. The van der Waals surface area contributed by atoms with E-state index in [1.807, 2.05) is 24.3 Å². The summed E-state index contributed by atoms with van der Waals surface area (Å²) >= 11 is 0. The van der Waals surface area contributed by atoms with Gasteiger partial charge in [0, 0.05) is 17.7 Å². The molecular formula is C12H12Cl4FeN+. The fourth-order valence-corrected chi connectivity index (χ4v) is 1.33. The minimum absolute atomic E-state index is 0.946. The molecule has 18 heavy (non-hydrogen) atoms. The minimum Gasteiger partial charge on any atom is -0.201 e. The minimum atomic E-state index is -2.61. The van der Waals surface area contributed by atoms with Crippen molar-refractivity contribution in [1.82, 2.24) is 0 Å². The van der Waals surface area contributed by atoms with E-state index in [0.29, 0.717) is 0 Å². The summed E-state index contributed by atoms with van der Waals surface area (Å²) in [7, 11) is 17.2. The Morgan fingerprint density at radius 3 is 1.72 bits per heavy atom. The van der Waals surface area contributed by atoms with Gasteiger partial charge in [-0.05, 0) is 0 Å². The van der Waals surface area contributed by atoms with Crippen molar-refractivity contribution in [2.45, 2.75) is 6.54 Å². The number of hydrogen-bond donors (Lipinski definition) is 0. The summed E-state index contributed by atoms with van der Waals surface area (Å²) < 4.78 is 2.16. The summed E-state index contributed by atoms with van der Waals surface area (Å²) in [6.07, 6.45) is 4.15. The van der Waals surface area contributed by atoms with E-state index in [2.05, 4.69) is 41.2 Å². The van der Waals surface area contributed by atoms with Crippen LogP contribution in [-0.2, 0) is 15.7 Å². The third-order valence-corrected chi connectivity index (χ3v) is 1.99. The normalized spacial score (nSPS) is 11.3. The molecule has 0 aliphatic rings. The molecule has 0 saturated carbocycles. The van der Waals surface area contributed by atoms with Crippen molar-refractivity contribution in [3.05, 3.63) is 66.5 Å². The molecule has 1 nitrogen and oxygen atoms in total. The van der Waals surface area contributed by atoms with E-state index in [9.17, 15) is 0 Å². The number of halogens is 4. The maximum absolute atomic E-state index is 4.95. The maximum Gasteiger partial charge on any atom is 0.173 e. The largest absolute Gasteiger partial charge is 0.201 e. The van der Waals surface area contributed by atoms with Gasteiger partial charge in [-0.25, -0.2) is 4.57 Å². The molecule has 100 valence electrons. The first-order chi connectivity index (χ1) is 8.45. The molecule has 0 spiro atoms. The molecule has 0 N–H and O–H groups in total. The maximum atomic E-state index is 4.95. The molecule has 0 bridgehead atoms. The van der Waals surface area contributed by atoms with E-state index >= 15 is 0 Å². The summed E-state index contributed by atoms with van der Waals surface area (Å²) in [4.78, 5) is 0. The molecule has 0 atom stereocenters. The fourth-order valence-electron chi connectivity index (χ4n) is 1.33. The van der Waals surface area contributed by atoms with Crippen molar-refractivity contribution in [3.63, 3.8) is 0 Å². The van der Waals surface area contributed by atoms with Crippen LogP contribution < -0.4 is 4.57 Å². The molecule has 0 saturated heterocycles. The Morgan fingerprint density at radius 1 is 0.778 bits per heavy atom. The van der Waals surface area contributed by atoms with Crippen LogP contribution in [0, 0.1) is 0 Å². The number of aromatic nitrogens is 1. The third-order valence-electron chi connectivity index (χ3n) is 1.99. The smallest absolute Gasteiger partial charge is 0.173 e. The van der Waals surface area contributed by atoms with Crippen molar-refractivity contribution < 1.29 is 13.8 Å². The Morgan fingerprint density at radius 2 is 1.22 bits per heavy atom. The number of hydrogen-bond acceptors (Lipinski definition) is 0. The Labute approximate surface area is 126 Å². The average Bonchev–Trinajstić information content (AvgIpc) is 2.29.